The molecule has 0 saturated carbocycles. The predicted molar refractivity (Wildman–Crippen MR) is 120 cm³/mol. The summed E-state index contributed by atoms with van der Waals surface area (Å²) in [7, 11) is 0. The molecule has 0 atom stereocenters. The molecule has 3 aromatic carbocycles. The van der Waals surface area contributed by atoms with Crippen LogP contribution in [0.1, 0.15) is 38.9 Å². The van der Waals surface area contributed by atoms with Crippen molar-refractivity contribution < 1.29 is 0 Å². The minimum atomic E-state index is -2.03. The molecule has 0 saturated heterocycles. The first-order valence-corrected chi connectivity index (χ1v) is 12.6. The zero-order valence-corrected chi connectivity index (χ0v) is 19.3. The molecule has 0 unspecified atom stereocenters. The average Bonchev–Trinajstić information content (AvgIpc) is 2.58. The molecule has 3 rings (SSSR count). The van der Waals surface area contributed by atoms with Crippen LogP contribution in [0.2, 0.25) is 0 Å². The summed E-state index contributed by atoms with van der Waals surface area (Å²) in [6.07, 6.45) is 0. The van der Waals surface area contributed by atoms with Crippen molar-refractivity contribution in [1.29, 1.82) is 0 Å². The summed E-state index contributed by atoms with van der Waals surface area (Å²) in [5.74, 6) is 3.50. The Balaban J connectivity index is 2.25. The Labute approximate surface area is 168 Å². The Bertz CT molecular complexity index is 929. The van der Waals surface area contributed by atoms with E-state index in [0.29, 0.717) is 0 Å². The van der Waals surface area contributed by atoms with E-state index in [0.717, 1.165) is 5.56 Å². The van der Waals surface area contributed by atoms with Crippen molar-refractivity contribution in [1.82, 2.24) is 0 Å². The van der Waals surface area contributed by atoms with E-state index in [-0.39, 0.29) is 0 Å². The SMILES string of the molecule is Cc1cc(C)[c]([Ge]([C]#Cc2ccccc2)[c]2c(C)cc(C)cc2C)c(C)c1. The maximum atomic E-state index is 3.79. The van der Waals surface area contributed by atoms with Crippen molar-refractivity contribution in [2.75, 3.05) is 0 Å². The van der Waals surface area contributed by atoms with Crippen LogP contribution in [0.25, 0.3) is 0 Å². The Morgan fingerprint density at radius 2 is 1.00 bits per heavy atom. The van der Waals surface area contributed by atoms with Gasteiger partial charge in [-0.25, -0.2) is 0 Å². The average molecular weight is 412 g/mol. The fourth-order valence-corrected chi connectivity index (χ4v) is 9.58. The van der Waals surface area contributed by atoms with Crippen LogP contribution in [0.4, 0.5) is 0 Å². The Hall–Kier alpha value is -2.24. The van der Waals surface area contributed by atoms with Gasteiger partial charge in [0.1, 0.15) is 0 Å². The van der Waals surface area contributed by atoms with Gasteiger partial charge in [0.05, 0.1) is 0 Å². The third-order valence-corrected chi connectivity index (χ3v) is 11.2. The van der Waals surface area contributed by atoms with Crippen LogP contribution in [0.5, 0.6) is 0 Å². The fraction of sp³-hybridized carbons (Fsp3) is 0.231. The molecule has 1 radical (unpaired) electrons. The standard InChI is InChI=1S/C26H27Ge/c1-18-14-20(3)25(21(4)15-18)27(13-12-24-10-8-7-9-11-24)26-22(5)16-19(2)17-23(26)6/h7-11,14-17H,1-6H3. The van der Waals surface area contributed by atoms with Crippen molar-refractivity contribution in [2.24, 2.45) is 0 Å². The summed E-state index contributed by atoms with van der Waals surface area (Å²) in [4.78, 5) is 0. The zero-order chi connectivity index (χ0) is 19.6. The van der Waals surface area contributed by atoms with Crippen LogP contribution in [-0.2, 0) is 0 Å². The first-order chi connectivity index (χ1) is 12.9. The van der Waals surface area contributed by atoms with E-state index in [1.54, 1.807) is 0 Å². The van der Waals surface area contributed by atoms with E-state index < -0.39 is 14.3 Å². The van der Waals surface area contributed by atoms with E-state index in [1.807, 2.05) is 6.07 Å². The van der Waals surface area contributed by atoms with Gasteiger partial charge in [-0.3, -0.25) is 0 Å². The number of aryl methyl sites for hydroxylation is 6. The molecule has 1 heteroatoms. The Morgan fingerprint density at radius 1 is 0.593 bits per heavy atom. The molecule has 3 aromatic rings. The van der Waals surface area contributed by atoms with Crippen LogP contribution in [0.3, 0.4) is 0 Å². The van der Waals surface area contributed by atoms with E-state index in [9.17, 15) is 0 Å². The Morgan fingerprint density at radius 3 is 1.41 bits per heavy atom. The van der Waals surface area contributed by atoms with Crippen LogP contribution in [0, 0.1) is 52.2 Å². The fourth-order valence-electron chi connectivity index (χ4n) is 4.05. The summed E-state index contributed by atoms with van der Waals surface area (Å²) in [6, 6.07) is 19.7. The molecule has 0 aliphatic heterocycles. The second-order valence-electron chi connectivity index (χ2n) is 7.54. The normalized spacial score (nSPS) is 10.6. The Kier molecular flexibility index (Phi) is 5.93. The molecule has 0 aromatic heterocycles. The molecular formula is C26H27Ge. The van der Waals surface area contributed by atoms with Gasteiger partial charge in [-0.05, 0) is 0 Å². The third-order valence-electron chi connectivity index (χ3n) is 4.96. The number of hydrogen-bond donors (Lipinski definition) is 0. The van der Waals surface area contributed by atoms with Crippen molar-refractivity contribution in [3.8, 4) is 10.7 Å². The summed E-state index contributed by atoms with van der Waals surface area (Å²) < 4.78 is 6.81. The number of benzene rings is 3. The zero-order valence-electron chi connectivity index (χ0n) is 17.2. The molecular weight excluding hydrogens is 385 g/mol. The molecule has 0 spiro atoms. The summed E-state index contributed by atoms with van der Waals surface area (Å²) in [6.45, 7) is 13.4. The summed E-state index contributed by atoms with van der Waals surface area (Å²) in [5, 5.41) is 0. The number of hydrogen-bond acceptors (Lipinski definition) is 0. The topological polar surface area (TPSA) is 0 Å². The second-order valence-corrected chi connectivity index (χ2v) is 11.7. The molecule has 0 nitrogen and oxygen atoms in total. The number of rotatable bonds is 2. The van der Waals surface area contributed by atoms with Crippen molar-refractivity contribution in [3.63, 3.8) is 0 Å². The molecule has 0 heterocycles. The van der Waals surface area contributed by atoms with Gasteiger partial charge in [0.15, 0.2) is 0 Å². The minimum absolute atomic E-state index is 1.10. The van der Waals surface area contributed by atoms with Gasteiger partial charge in [0.25, 0.3) is 0 Å². The molecule has 0 fully saturated rings. The van der Waals surface area contributed by atoms with E-state index in [2.05, 4.69) is 101 Å². The van der Waals surface area contributed by atoms with Crippen LogP contribution >= 0.6 is 0 Å². The first kappa shape index (κ1) is 19.5. The molecule has 0 amide bonds. The monoisotopic (exact) mass is 413 g/mol. The second kappa shape index (κ2) is 8.19. The van der Waals surface area contributed by atoms with Crippen molar-refractivity contribution in [2.45, 2.75) is 41.5 Å². The van der Waals surface area contributed by atoms with Gasteiger partial charge >= 0.3 is 169 Å². The molecule has 0 N–H and O–H groups in total. The van der Waals surface area contributed by atoms with Gasteiger partial charge in [0, 0.05) is 0 Å². The van der Waals surface area contributed by atoms with E-state index in [1.165, 1.54) is 42.2 Å². The molecule has 0 aliphatic carbocycles. The van der Waals surface area contributed by atoms with E-state index >= 15 is 0 Å². The first-order valence-electron chi connectivity index (χ1n) is 9.47. The van der Waals surface area contributed by atoms with Crippen molar-refractivity contribution >= 4 is 23.1 Å². The van der Waals surface area contributed by atoms with Gasteiger partial charge in [-0.2, -0.15) is 0 Å². The van der Waals surface area contributed by atoms with E-state index in [4.69, 9.17) is 0 Å². The molecule has 27 heavy (non-hydrogen) atoms. The van der Waals surface area contributed by atoms with Gasteiger partial charge in [0.2, 0.25) is 0 Å². The predicted octanol–water partition coefficient (Wildman–Crippen LogP) is 4.74. The summed E-state index contributed by atoms with van der Waals surface area (Å²) in [5.41, 5.74) is 9.34. The third kappa shape index (κ3) is 4.37. The summed E-state index contributed by atoms with van der Waals surface area (Å²) >= 11 is -2.03. The van der Waals surface area contributed by atoms with Crippen LogP contribution in [-0.4, -0.2) is 14.3 Å². The molecule has 135 valence electrons. The molecule has 0 bridgehead atoms. The quantitative estimate of drug-likeness (QED) is 0.422. The maximum absolute atomic E-state index is 3.79. The van der Waals surface area contributed by atoms with Gasteiger partial charge < -0.3 is 0 Å². The van der Waals surface area contributed by atoms with Crippen LogP contribution in [0.15, 0.2) is 54.6 Å². The van der Waals surface area contributed by atoms with Gasteiger partial charge in [-0.1, -0.05) is 0 Å². The molecule has 0 aliphatic rings. The van der Waals surface area contributed by atoms with Crippen LogP contribution < -0.4 is 8.79 Å². The van der Waals surface area contributed by atoms with Gasteiger partial charge in [-0.15, -0.1) is 0 Å². The van der Waals surface area contributed by atoms with Crippen molar-refractivity contribution in [3.05, 3.63) is 93.5 Å².